The Kier molecular flexibility index (Phi) is 4.58. The van der Waals surface area contributed by atoms with Crippen LogP contribution in [0.15, 0.2) is 28.7 Å². The molecule has 2 N–H and O–H groups in total. The van der Waals surface area contributed by atoms with Crippen molar-refractivity contribution in [2.24, 2.45) is 0 Å². The fraction of sp³-hybridized carbons (Fsp3) is 0.476. The molecule has 2 aromatic rings. The number of hydrogen-bond donors (Lipinski definition) is 2. The maximum absolute atomic E-state index is 13.1. The predicted octanol–water partition coefficient (Wildman–Crippen LogP) is 3.23. The number of H-pyrrole nitrogens is 1. The normalized spacial score (nSPS) is 21.5. The number of amides is 1. The molecule has 6 heteroatoms. The first-order valence-corrected chi connectivity index (χ1v) is 10.7. The molecule has 0 atom stereocenters. The second-order valence-corrected chi connectivity index (χ2v) is 8.71. The number of carbonyl (C=O) groups excluding carboxylic acids is 1. The smallest absolute Gasteiger partial charge is 0.254 e. The Bertz CT molecular complexity index is 906. The van der Waals surface area contributed by atoms with E-state index < -0.39 is 0 Å². The molecule has 1 saturated heterocycles. The van der Waals surface area contributed by atoms with E-state index in [0.29, 0.717) is 0 Å². The first kappa shape index (κ1) is 17.5. The molecular formula is C21H25BrN4O. The van der Waals surface area contributed by atoms with Crippen LogP contribution in [0.25, 0.3) is 16.5 Å². The van der Waals surface area contributed by atoms with Crippen molar-refractivity contribution in [1.82, 2.24) is 20.1 Å². The summed E-state index contributed by atoms with van der Waals surface area (Å²) in [6.45, 7) is 5.62. The lowest BCUT2D eigenvalue weighted by Crippen LogP contribution is -2.49. The maximum atomic E-state index is 13.1. The minimum atomic E-state index is 0.148. The summed E-state index contributed by atoms with van der Waals surface area (Å²) in [5.41, 5.74) is 4.27. The summed E-state index contributed by atoms with van der Waals surface area (Å²) >= 11 is 3.67. The summed E-state index contributed by atoms with van der Waals surface area (Å²) in [4.78, 5) is 21.1. The number of piperazine rings is 1. The van der Waals surface area contributed by atoms with E-state index in [1.165, 1.54) is 18.4 Å². The van der Waals surface area contributed by atoms with E-state index in [9.17, 15) is 4.79 Å². The molecule has 27 heavy (non-hydrogen) atoms. The zero-order valence-corrected chi connectivity index (χ0v) is 17.0. The van der Waals surface area contributed by atoms with Gasteiger partial charge in [-0.1, -0.05) is 6.08 Å². The molecule has 3 aliphatic rings. The summed E-state index contributed by atoms with van der Waals surface area (Å²) in [6.07, 6.45) is 6.02. The Morgan fingerprint density at radius 2 is 1.93 bits per heavy atom. The lowest BCUT2D eigenvalue weighted by Gasteiger charge is -2.34. The number of aromatic nitrogens is 1. The van der Waals surface area contributed by atoms with Gasteiger partial charge in [-0.05, 0) is 65.5 Å². The molecule has 1 saturated carbocycles. The van der Waals surface area contributed by atoms with Crippen LogP contribution in [0, 0.1) is 0 Å². The molecule has 2 fully saturated rings. The van der Waals surface area contributed by atoms with Gasteiger partial charge in [0, 0.05) is 59.9 Å². The zero-order chi connectivity index (χ0) is 18.4. The first-order valence-electron chi connectivity index (χ1n) is 9.95. The van der Waals surface area contributed by atoms with Gasteiger partial charge in [-0.25, -0.2) is 0 Å². The number of fused-ring (bicyclic) bond motifs is 1. The summed E-state index contributed by atoms with van der Waals surface area (Å²) < 4.78 is 0.954. The Morgan fingerprint density at radius 1 is 1.11 bits per heavy atom. The first-order chi connectivity index (χ1) is 13.2. The van der Waals surface area contributed by atoms with Gasteiger partial charge in [-0.3, -0.25) is 9.69 Å². The van der Waals surface area contributed by atoms with Gasteiger partial charge in [-0.15, -0.1) is 0 Å². The molecule has 1 aliphatic carbocycles. The standard InChI is InChI=1S/C21H25BrN4O/c22-18-11-16(21(27)26-8-6-25(7-9-26)17-3-4-17)10-15-12-19(24-20(15)18)14-2-1-5-23-13-14/h2,10-12,17,23-24H,1,3-9,13H2. The van der Waals surface area contributed by atoms with E-state index >= 15 is 0 Å². The highest BCUT2D eigenvalue weighted by molar-refractivity contribution is 9.10. The van der Waals surface area contributed by atoms with E-state index in [2.05, 4.69) is 43.3 Å². The fourth-order valence-corrected chi connectivity index (χ4v) is 4.83. The molecule has 0 bridgehead atoms. The lowest BCUT2D eigenvalue weighted by molar-refractivity contribution is 0.0627. The number of nitrogens with one attached hydrogen (secondary N) is 2. The number of hydrogen-bond acceptors (Lipinski definition) is 3. The Labute approximate surface area is 167 Å². The molecule has 3 heterocycles. The summed E-state index contributed by atoms with van der Waals surface area (Å²) in [7, 11) is 0. The van der Waals surface area contributed by atoms with E-state index in [1.807, 2.05) is 17.0 Å². The van der Waals surface area contributed by atoms with Crippen LogP contribution in [0.3, 0.4) is 0 Å². The molecule has 1 amide bonds. The van der Waals surface area contributed by atoms with Gasteiger partial charge in [0.15, 0.2) is 0 Å². The number of carbonyl (C=O) groups is 1. The van der Waals surface area contributed by atoms with Crippen LogP contribution in [0.4, 0.5) is 0 Å². The second-order valence-electron chi connectivity index (χ2n) is 7.86. The van der Waals surface area contributed by atoms with Crippen molar-refractivity contribution in [3.63, 3.8) is 0 Å². The summed E-state index contributed by atoms with van der Waals surface area (Å²) in [6, 6.07) is 6.95. The third-order valence-corrected chi connectivity index (χ3v) is 6.59. The van der Waals surface area contributed by atoms with Crippen LogP contribution in [-0.4, -0.2) is 66.0 Å². The quantitative estimate of drug-likeness (QED) is 0.788. The molecule has 0 unspecified atom stereocenters. The van der Waals surface area contributed by atoms with E-state index in [1.54, 1.807) is 0 Å². The van der Waals surface area contributed by atoms with Gasteiger partial charge in [-0.2, -0.15) is 0 Å². The summed E-state index contributed by atoms with van der Waals surface area (Å²) in [5.74, 6) is 0.148. The zero-order valence-electron chi connectivity index (χ0n) is 15.4. The molecule has 5 rings (SSSR count). The average Bonchev–Trinajstić information content (AvgIpc) is 3.47. The molecule has 1 aromatic carbocycles. The van der Waals surface area contributed by atoms with Crippen LogP contribution in [-0.2, 0) is 0 Å². The number of aromatic amines is 1. The fourth-order valence-electron chi connectivity index (χ4n) is 4.26. The molecule has 5 nitrogen and oxygen atoms in total. The van der Waals surface area contributed by atoms with Gasteiger partial charge in [0.2, 0.25) is 0 Å². The van der Waals surface area contributed by atoms with E-state index in [-0.39, 0.29) is 5.91 Å². The van der Waals surface area contributed by atoms with Crippen molar-refractivity contribution in [2.45, 2.75) is 25.3 Å². The van der Waals surface area contributed by atoms with Crippen LogP contribution in [0.5, 0.6) is 0 Å². The molecular weight excluding hydrogens is 404 g/mol. The third-order valence-electron chi connectivity index (χ3n) is 5.97. The largest absolute Gasteiger partial charge is 0.354 e. The summed E-state index contributed by atoms with van der Waals surface area (Å²) in [5, 5.41) is 4.50. The molecule has 1 aromatic heterocycles. The van der Waals surface area contributed by atoms with Crippen molar-refractivity contribution >= 4 is 38.3 Å². The molecule has 2 aliphatic heterocycles. The molecule has 142 valence electrons. The minimum absolute atomic E-state index is 0.148. The predicted molar refractivity (Wildman–Crippen MR) is 112 cm³/mol. The second kappa shape index (κ2) is 7.08. The molecule has 0 spiro atoms. The topological polar surface area (TPSA) is 51.4 Å². The van der Waals surface area contributed by atoms with E-state index in [4.69, 9.17) is 0 Å². The lowest BCUT2D eigenvalue weighted by atomic mass is 10.1. The highest BCUT2D eigenvalue weighted by atomic mass is 79.9. The monoisotopic (exact) mass is 428 g/mol. The Morgan fingerprint density at radius 3 is 2.63 bits per heavy atom. The number of rotatable bonds is 3. The van der Waals surface area contributed by atoms with Crippen LogP contribution in [0.2, 0.25) is 0 Å². The van der Waals surface area contributed by atoms with Crippen molar-refractivity contribution in [3.8, 4) is 0 Å². The number of halogens is 1. The van der Waals surface area contributed by atoms with Crippen molar-refractivity contribution in [3.05, 3.63) is 40.0 Å². The minimum Gasteiger partial charge on any atom is -0.354 e. The van der Waals surface area contributed by atoms with Gasteiger partial charge in [0.25, 0.3) is 5.91 Å². The average molecular weight is 429 g/mol. The van der Waals surface area contributed by atoms with Crippen molar-refractivity contribution in [1.29, 1.82) is 0 Å². The van der Waals surface area contributed by atoms with E-state index in [0.717, 1.165) is 78.4 Å². The van der Waals surface area contributed by atoms with Crippen molar-refractivity contribution in [2.75, 3.05) is 39.3 Å². The number of benzene rings is 1. The van der Waals surface area contributed by atoms with Crippen molar-refractivity contribution < 1.29 is 4.79 Å². The highest BCUT2D eigenvalue weighted by Crippen LogP contribution is 2.31. The SMILES string of the molecule is O=C(c1cc(Br)c2[nH]c(C3=CCCNC3)cc2c1)N1CCN(C2CC2)CC1. The third kappa shape index (κ3) is 3.46. The van der Waals surface area contributed by atoms with Crippen LogP contribution < -0.4 is 5.32 Å². The highest BCUT2D eigenvalue weighted by Gasteiger charge is 2.32. The Hall–Kier alpha value is -1.63. The molecule has 0 radical (unpaired) electrons. The van der Waals surface area contributed by atoms with Crippen LogP contribution >= 0.6 is 15.9 Å². The maximum Gasteiger partial charge on any atom is 0.254 e. The Balaban J connectivity index is 1.38. The van der Waals surface area contributed by atoms with Crippen LogP contribution in [0.1, 0.15) is 35.3 Å². The van der Waals surface area contributed by atoms with Gasteiger partial charge in [0.1, 0.15) is 0 Å². The van der Waals surface area contributed by atoms with Gasteiger partial charge < -0.3 is 15.2 Å². The number of nitrogens with zero attached hydrogens (tertiary/aromatic N) is 2. The van der Waals surface area contributed by atoms with Gasteiger partial charge in [0.05, 0.1) is 5.52 Å². The van der Waals surface area contributed by atoms with Gasteiger partial charge >= 0.3 is 0 Å².